The minimum absolute atomic E-state index is 0.189. The molecule has 0 bridgehead atoms. The Morgan fingerprint density at radius 1 is 1.18 bits per heavy atom. The van der Waals surface area contributed by atoms with E-state index in [9.17, 15) is 13.2 Å². The van der Waals surface area contributed by atoms with Gasteiger partial charge in [-0.1, -0.05) is 13.8 Å². The summed E-state index contributed by atoms with van der Waals surface area (Å²) < 4.78 is 35.1. The Kier molecular flexibility index (Phi) is 7.71. The number of fused-ring (bicyclic) bond motifs is 1. The van der Waals surface area contributed by atoms with Crippen molar-refractivity contribution in [2.75, 3.05) is 39.4 Å². The molecular weight excluding hydrogens is 440 g/mol. The molecule has 1 aliphatic heterocycles. The van der Waals surface area contributed by atoms with Crippen molar-refractivity contribution in [3.63, 3.8) is 0 Å². The molecule has 8 nitrogen and oxygen atoms in total. The molecule has 182 valence electrons. The monoisotopic (exact) mass is 476 g/mol. The number of imidazole rings is 1. The number of hydrogen-bond donors (Lipinski definition) is 0. The van der Waals surface area contributed by atoms with Gasteiger partial charge in [-0.3, -0.25) is 4.79 Å². The first kappa shape index (κ1) is 24.2. The summed E-state index contributed by atoms with van der Waals surface area (Å²) in [5, 5.41) is 0. The van der Waals surface area contributed by atoms with Gasteiger partial charge in [-0.2, -0.15) is 4.31 Å². The Morgan fingerprint density at radius 2 is 1.94 bits per heavy atom. The summed E-state index contributed by atoms with van der Waals surface area (Å²) in [5.74, 6) is 1.72. The number of carbonyl (C=O) groups excluding carboxylic acids is 1. The second kappa shape index (κ2) is 10.5. The lowest BCUT2D eigenvalue weighted by Gasteiger charge is -2.26. The number of aryl methyl sites for hydroxylation is 2. The highest BCUT2D eigenvalue weighted by molar-refractivity contribution is 7.89. The molecule has 2 fully saturated rings. The van der Waals surface area contributed by atoms with E-state index in [1.54, 1.807) is 12.1 Å². The van der Waals surface area contributed by atoms with Crippen molar-refractivity contribution < 1.29 is 17.9 Å². The average molecular weight is 477 g/mol. The Hall–Kier alpha value is -1.97. The van der Waals surface area contributed by atoms with Gasteiger partial charge in [-0.05, 0) is 49.8 Å². The number of amides is 1. The Morgan fingerprint density at radius 3 is 2.61 bits per heavy atom. The van der Waals surface area contributed by atoms with Gasteiger partial charge in [-0.15, -0.1) is 0 Å². The molecule has 1 saturated carbocycles. The van der Waals surface area contributed by atoms with Crippen LogP contribution in [0.4, 0.5) is 0 Å². The number of morpholine rings is 1. The van der Waals surface area contributed by atoms with E-state index >= 15 is 0 Å². The molecule has 0 unspecified atom stereocenters. The SMILES string of the molecule is CCCN(CC1CC1)C(=O)CCc1nc2cc(S(=O)(=O)N3CCOCC3)ccc2n1CCC. The van der Waals surface area contributed by atoms with Gasteiger partial charge in [0.1, 0.15) is 5.82 Å². The molecule has 2 aromatic rings. The van der Waals surface area contributed by atoms with E-state index < -0.39 is 10.0 Å². The molecule has 2 aliphatic rings. The van der Waals surface area contributed by atoms with E-state index in [0.717, 1.165) is 43.8 Å². The molecule has 33 heavy (non-hydrogen) atoms. The maximum atomic E-state index is 13.1. The van der Waals surface area contributed by atoms with Crippen molar-refractivity contribution in [2.45, 2.75) is 63.8 Å². The van der Waals surface area contributed by atoms with Gasteiger partial charge in [0, 0.05) is 45.6 Å². The van der Waals surface area contributed by atoms with Crippen LogP contribution >= 0.6 is 0 Å². The summed E-state index contributed by atoms with van der Waals surface area (Å²) >= 11 is 0. The zero-order chi connectivity index (χ0) is 23.4. The molecule has 0 N–H and O–H groups in total. The Labute approximate surface area is 196 Å². The van der Waals surface area contributed by atoms with Crippen LogP contribution in [-0.4, -0.2) is 72.5 Å². The maximum Gasteiger partial charge on any atom is 0.243 e. The predicted octanol–water partition coefficient (Wildman–Crippen LogP) is 3.05. The molecule has 2 heterocycles. The highest BCUT2D eigenvalue weighted by atomic mass is 32.2. The van der Waals surface area contributed by atoms with E-state index in [1.165, 1.54) is 17.1 Å². The molecule has 1 aliphatic carbocycles. The number of rotatable bonds is 11. The van der Waals surface area contributed by atoms with E-state index in [-0.39, 0.29) is 10.8 Å². The highest BCUT2D eigenvalue weighted by Crippen LogP contribution is 2.30. The van der Waals surface area contributed by atoms with E-state index in [0.29, 0.717) is 50.6 Å². The van der Waals surface area contributed by atoms with Crippen molar-refractivity contribution in [1.82, 2.24) is 18.8 Å². The fourth-order valence-corrected chi connectivity index (χ4v) is 5.93. The summed E-state index contributed by atoms with van der Waals surface area (Å²) in [7, 11) is -3.58. The topological polar surface area (TPSA) is 84.7 Å². The van der Waals surface area contributed by atoms with Crippen LogP contribution < -0.4 is 0 Å². The largest absolute Gasteiger partial charge is 0.379 e. The van der Waals surface area contributed by atoms with Crippen LogP contribution in [0.5, 0.6) is 0 Å². The van der Waals surface area contributed by atoms with Crippen LogP contribution in [0.2, 0.25) is 0 Å². The van der Waals surface area contributed by atoms with Gasteiger partial charge in [0.15, 0.2) is 0 Å². The van der Waals surface area contributed by atoms with Crippen molar-refractivity contribution in [1.29, 1.82) is 0 Å². The molecule has 0 spiro atoms. The summed E-state index contributed by atoms with van der Waals surface area (Å²) in [6, 6.07) is 5.20. The van der Waals surface area contributed by atoms with Crippen molar-refractivity contribution in [2.24, 2.45) is 5.92 Å². The van der Waals surface area contributed by atoms with Crippen LogP contribution in [0.1, 0.15) is 51.8 Å². The van der Waals surface area contributed by atoms with Crippen molar-refractivity contribution in [3.05, 3.63) is 24.0 Å². The van der Waals surface area contributed by atoms with Gasteiger partial charge >= 0.3 is 0 Å². The van der Waals surface area contributed by atoms with Gasteiger partial charge < -0.3 is 14.2 Å². The number of sulfonamides is 1. The molecule has 9 heteroatoms. The van der Waals surface area contributed by atoms with Gasteiger partial charge in [-0.25, -0.2) is 13.4 Å². The first-order valence-electron chi connectivity index (χ1n) is 12.3. The summed E-state index contributed by atoms with van der Waals surface area (Å²) in [4.78, 5) is 20.0. The number of aromatic nitrogens is 2. The number of carbonyl (C=O) groups is 1. The van der Waals surface area contributed by atoms with Crippen molar-refractivity contribution >= 4 is 27.0 Å². The standard InChI is InChI=1S/C24H36N4O4S/c1-3-11-26(18-19-5-6-19)24(29)10-9-23-25-21-17-20(7-8-22(21)28(23)12-4-2)33(30,31)27-13-15-32-16-14-27/h7-8,17,19H,3-6,9-16,18H2,1-2H3. The number of ether oxygens (including phenoxy) is 1. The third kappa shape index (κ3) is 5.58. The average Bonchev–Trinajstić information content (AvgIpc) is 3.58. The molecule has 0 atom stereocenters. The lowest BCUT2D eigenvalue weighted by atomic mass is 10.2. The Balaban J connectivity index is 1.54. The molecule has 1 amide bonds. The van der Waals surface area contributed by atoms with Crippen LogP contribution in [0.15, 0.2) is 23.1 Å². The smallest absolute Gasteiger partial charge is 0.243 e. The van der Waals surface area contributed by atoms with E-state index in [2.05, 4.69) is 18.4 Å². The molecule has 1 aromatic carbocycles. The van der Waals surface area contributed by atoms with Crippen LogP contribution in [0.25, 0.3) is 11.0 Å². The van der Waals surface area contributed by atoms with Gasteiger partial charge in [0.2, 0.25) is 15.9 Å². The zero-order valence-electron chi connectivity index (χ0n) is 19.8. The fourth-order valence-electron chi connectivity index (χ4n) is 4.50. The summed E-state index contributed by atoms with van der Waals surface area (Å²) in [6.07, 6.45) is 5.35. The second-order valence-electron chi connectivity index (χ2n) is 9.13. The molecule has 1 saturated heterocycles. The third-order valence-electron chi connectivity index (χ3n) is 6.44. The highest BCUT2D eigenvalue weighted by Gasteiger charge is 2.28. The number of hydrogen-bond acceptors (Lipinski definition) is 5. The molecule has 0 radical (unpaired) electrons. The summed E-state index contributed by atoms with van der Waals surface area (Å²) in [5.41, 5.74) is 1.59. The Bertz CT molecular complexity index is 1070. The quantitative estimate of drug-likeness (QED) is 0.498. The lowest BCUT2D eigenvalue weighted by molar-refractivity contribution is -0.131. The summed E-state index contributed by atoms with van der Waals surface area (Å²) in [6.45, 7) is 8.26. The minimum atomic E-state index is -3.58. The molecular formula is C24H36N4O4S. The van der Waals surface area contributed by atoms with E-state index in [1.807, 2.05) is 11.0 Å². The third-order valence-corrected chi connectivity index (χ3v) is 8.33. The lowest BCUT2D eigenvalue weighted by Crippen LogP contribution is -2.40. The van der Waals surface area contributed by atoms with Crippen LogP contribution in [0, 0.1) is 5.92 Å². The fraction of sp³-hybridized carbons (Fsp3) is 0.667. The van der Waals surface area contributed by atoms with E-state index in [4.69, 9.17) is 9.72 Å². The van der Waals surface area contributed by atoms with Crippen molar-refractivity contribution in [3.8, 4) is 0 Å². The molecule has 1 aromatic heterocycles. The second-order valence-corrected chi connectivity index (χ2v) is 11.1. The first-order valence-corrected chi connectivity index (χ1v) is 13.7. The minimum Gasteiger partial charge on any atom is -0.379 e. The number of nitrogens with zero attached hydrogens (tertiary/aromatic N) is 4. The van der Waals surface area contributed by atoms with Gasteiger partial charge in [0.25, 0.3) is 0 Å². The first-order chi connectivity index (χ1) is 15.9. The van der Waals surface area contributed by atoms with Crippen LogP contribution in [-0.2, 0) is 32.5 Å². The normalized spacial score (nSPS) is 17.5. The number of benzene rings is 1. The molecule has 4 rings (SSSR count). The zero-order valence-corrected chi connectivity index (χ0v) is 20.6. The van der Waals surface area contributed by atoms with Crippen LogP contribution in [0.3, 0.4) is 0 Å². The maximum absolute atomic E-state index is 13.1. The predicted molar refractivity (Wildman–Crippen MR) is 128 cm³/mol. The van der Waals surface area contributed by atoms with Gasteiger partial charge in [0.05, 0.1) is 29.1 Å².